The van der Waals surface area contributed by atoms with Crippen LogP contribution in [0.3, 0.4) is 0 Å². The summed E-state index contributed by atoms with van der Waals surface area (Å²) in [4.78, 5) is 34.1. The second-order valence-electron chi connectivity index (χ2n) is 5.36. The van der Waals surface area contributed by atoms with Crippen molar-refractivity contribution in [2.24, 2.45) is 0 Å². The number of esters is 1. The molecule has 0 aliphatic heterocycles. The lowest BCUT2D eigenvalue weighted by Crippen LogP contribution is -2.19. The van der Waals surface area contributed by atoms with Gasteiger partial charge in [0.2, 0.25) is 5.91 Å². The van der Waals surface area contributed by atoms with Gasteiger partial charge in [0, 0.05) is 17.8 Å². The second-order valence-corrected chi connectivity index (χ2v) is 5.36. The van der Waals surface area contributed by atoms with Gasteiger partial charge in [0.1, 0.15) is 0 Å². The Hall–Kier alpha value is -3.22. The lowest BCUT2D eigenvalue weighted by Gasteiger charge is -2.13. The number of amides is 1. The first kappa shape index (κ1) is 18.1. The molecule has 0 spiro atoms. The Morgan fingerprint density at radius 3 is 2.24 bits per heavy atom. The number of rotatable bonds is 6. The Morgan fingerprint density at radius 2 is 1.72 bits per heavy atom. The summed E-state index contributed by atoms with van der Waals surface area (Å²) in [5.74, 6) is -1.15. The number of nitro benzene ring substituents is 1. The zero-order chi connectivity index (χ0) is 18.4. The van der Waals surface area contributed by atoms with Gasteiger partial charge in [0.25, 0.3) is 5.69 Å². The van der Waals surface area contributed by atoms with E-state index in [0.717, 1.165) is 0 Å². The normalized spacial score (nSPS) is 11.4. The average Bonchev–Trinajstić information content (AvgIpc) is 2.62. The van der Waals surface area contributed by atoms with Gasteiger partial charge < -0.3 is 10.1 Å². The number of hydrogen-bond donors (Lipinski definition) is 1. The highest BCUT2D eigenvalue weighted by atomic mass is 16.6. The maximum absolute atomic E-state index is 12.3. The molecular weight excluding hydrogens is 324 g/mol. The number of carbonyl (C=O) groups excluding carboxylic acids is 2. The SMILES string of the molecule is CCOC(=O)c1ccc(NC(=O)[C@@H](C)c2ccc([N+](=O)[O-])cc2)cc1. The number of anilines is 1. The molecule has 0 bridgehead atoms. The van der Waals surface area contributed by atoms with Crippen LogP contribution in [0.5, 0.6) is 0 Å². The molecule has 0 saturated heterocycles. The van der Waals surface area contributed by atoms with E-state index in [1.54, 1.807) is 50.2 Å². The average molecular weight is 342 g/mol. The molecule has 7 heteroatoms. The molecule has 1 atom stereocenters. The summed E-state index contributed by atoms with van der Waals surface area (Å²) in [5, 5.41) is 13.4. The fourth-order valence-corrected chi connectivity index (χ4v) is 2.19. The number of non-ortho nitro benzene ring substituents is 1. The number of benzene rings is 2. The van der Waals surface area contributed by atoms with Crippen molar-refractivity contribution in [2.75, 3.05) is 11.9 Å². The van der Waals surface area contributed by atoms with Crippen molar-refractivity contribution in [2.45, 2.75) is 19.8 Å². The Balaban J connectivity index is 2.03. The van der Waals surface area contributed by atoms with Gasteiger partial charge in [-0.2, -0.15) is 0 Å². The monoisotopic (exact) mass is 342 g/mol. The highest BCUT2D eigenvalue weighted by Crippen LogP contribution is 2.21. The third kappa shape index (κ3) is 4.63. The number of ether oxygens (including phenoxy) is 1. The molecule has 130 valence electrons. The lowest BCUT2D eigenvalue weighted by molar-refractivity contribution is -0.384. The van der Waals surface area contributed by atoms with E-state index in [9.17, 15) is 19.7 Å². The molecule has 2 rings (SSSR count). The van der Waals surface area contributed by atoms with Gasteiger partial charge in [-0.1, -0.05) is 12.1 Å². The van der Waals surface area contributed by atoms with Crippen LogP contribution in [0.4, 0.5) is 11.4 Å². The predicted octanol–water partition coefficient (Wildman–Crippen LogP) is 3.51. The van der Waals surface area contributed by atoms with Gasteiger partial charge in [-0.15, -0.1) is 0 Å². The Morgan fingerprint density at radius 1 is 1.12 bits per heavy atom. The molecule has 1 N–H and O–H groups in total. The molecule has 0 radical (unpaired) electrons. The number of hydrogen-bond acceptors (Lipinski definition) is 5. The summed E-state index contributed by atoms with van der Waals surface area (Å²) < 4.78 is 4.90. The number of nitrogens with one attached hydrogen (secondary N) is 1. The van der Waals surface area contributed by atoms with Gasteiger partial charge in [-0.05, 0) is 43.7 Å². The van der Waals surface area contributed by atoms with Gasteiger partial charge in [-0.3, -0.25) is 14.9 Å². The van der Waals surface area contributed by atoms with Crippen LogP contribution in [0.25, 0.3) is 0 Å². The molecule has 0 aliphatic carbocycles. The van der Waals surface area contributed by atoms with Crippen molar-refractivity contribution in [3.63, 3.8) is 0 Å². The van der Waals surface area contributed by atoms with E-state index in [0.29, 0.717) is 23.4 Å². The summed E-state index contributed by atoms with van der Waals surface area (Å²) in [5.41, 5.74) is 1.60. The molecule has 1 amide bonds. The molecule has 0 saturated carbocycles. The van der Waals surface area contributed by atoms with Gasteiger partial charge >= 0.3 is 5.97 Å². The van der Waals surface area contributed by atoms with Crippen LogP contribution in [0, 0.1) is 10.1 Å². The second kappa shape index (κ2) is 8.05. The Bertz CT molecular complexity index is 769. The van der Waals surface area contributed by atoms with Crippen LogP contribution in [0.2, 0.25) is 0 Å². The highest BCUT2D eigenvalue weighted by Gasteiger charge is 2.17. The smallest absolute Gasteiger partial charge is 0.338 e. The van der Waals surface area contributed by atoms with E-state index in [1.807, 2.05) is 0 Å². The molecule has 0 unspecified atom stereocenters. The number of nitro groups is 1. The molecular formula is C18H18N2O5. The molecule has 0 fully saturated rings. The van der Waals surface area contributed by atoms with Gasteiger partial charge in [-0.25, -0.2) is 4.79 Å². The van der Waals surface area contributed by atoms with E-state index in [2.05, 4.69) is 5.32 Å². The minimum absolute atomic E-state index is 0.0223. The van der Waals surface area contributed by atoms with Crippen LogP contribution in [-0.4, -0.2) is 23.4 Å². The van der Waals surface area contributed by atoms with Crippen molar-refractivity contribution in [1.29, 1.82) is 0 Å². The minimum Gasteiger partial charge on any atom is -0.462 e. The number of nitrogens with zero attached hydrogens (tertiary/aromatic N) is 1. The van der Waals surface area contributed by atoms with Gasteiger partial charge in [0.05, 0.1) is 23.0 Å². The van der Waals surface area contributed by atoms with Gasteiger partial charge in [0.15, 0.2) is 0 Å². The molecule has 0 aliphatic rings. The fourth-order valence-electron chi connectivity index (χ4n) is 2.19. The van der Waals surface area contributed by atoms with E-state index in [4.69, 9.17) is 4.74 Å². The maximum Gasteiger partial charge on any atom is 0.338 e. The maximum atomic E-state index is 12.3. The van der Waals surface area contributed by atoms with Crippen molar-refractivity contribution in [3.8, 4) is 0 Å². The zero-order valence-electron chi connectivity index (χ0n) is 13.9. The van der Waals surface area contributed by atoms with E-state index in [-0.39, 0.29) is 11.6 Å². The predicted molar refractivity (Wildman–Crippen MR) is 92.5 cm³/mol. The Labute approximate surface area is 144 Å². The molecule has 0 heterocycles. The summed E-state index contributed by atoms with van der Waals surface area (Å²) in [6, 6.07) is 12.2. The standard InChI is InChI=1S/C18H18N2O5/c1-3-25-18(22)14-4-8-15(9-5-14)19-17(21)12(2)13-6-10-16(11-7-13)20(23)24/h4-12H,3H2,1-2H3,(H,19,21)/t12-/m0/s1. The van der Waals surface area contributed by atoms with Crippen molar-refractivity contribution in [3.05, 3.63) is 69.8 Å². The van der Waals surface area contributed by atoms with Crippen LogP contribution >= 0.6 is 0 Å². The Kier molecular flexibility index (Phi) is 5.84. The highest BCUT2D eigenvalue weighted by molar-refractivity contribution is 5.96. The van der Waals surface area contributed by atoms with Crippen molar-refractivity contribution >= 4 is 23.3 Å². The number of carbonyl (C=O) groups is 2. The van der Waals surface area contributed by atoms with Crippen molar-refractivity contribution in [1.82, 2.24) is 0 Å². The van der Waals surface area contributed by atoms with E-state index in [1.165, 1.54) is 12.1 Å². The summed E-state index contributed by atoms with van der Waals surface area (Å²) >= 11 is 0. The van der Waals surface area contributed by atoms with Crippen LogP contribution in [0.15, 0.2) is 48.5 Å². The quantitative estimate of drug-likeness (QED) is 0.492. The summed E-state index contributed by atoms with van der Waals surface area (Å²) in [7, 11) is 0. The summed E-state index contributed by atoms with van der Waals surface area (Å²) in [6.07, 6.45) is 0. The minimum atomic E-state index is -0.486. The fraction of sp³-hybridized carbons (Fsp3) is 0.222. The first-order valence-electron chi connectivity index (χ1n) is 7.74. The van der Waals surface area contributed by atoms with Crippen molar-refractivity contribution < 1.29 is 19.2 Å². The van der Waals surface area contributed by atoms with Crippen LogP contribution in [0.1, 0.15) is 35.7 Å². The van der Waals surface area contributed by atoms with E-state index < -0.39 is 16.8 Å². The summed E-state index contributed by atoms with van der Waals surface area (Å²) in [6.45, 7) is 3.74. The first-order chi connectivity index (χ1) is 11.9. The largest absolute Gasteiger partial charge is 0.462 e. The van der Waals surface area contributed by atoms with E-state index >= 15 is 0 Å². The molecule has 7 nitrogen and oxygen atoms in total. The first-order valence-corrected chi connectivity index (χ1v) is 7.74. The molecule has 2 aromatic carbocycles. The molecule has 0 aromatic heterocycles. The zero-order valence-corrected chi connectivity index (χ0v) is 13.9. The molecule has 2 aromatic rings. The third-order valence-electron chi connectivity index (χ3n) is 3.66. The topological polar surface area (TPSA) is 98.5 Å². The van der Waals surface area contributed by atoms with Crippen LogP contribution < -0.4 is 5.32 Å². The third-order valence-corrected chi connectivity index (χ3v) is 3.66. The van der Waals surface area contributed by atoms with Crippen LogP contribution in [-0.2, 0) is 9.53 Å². The lowest BCUT2D eigenvalue weighted by atomic mass is 10.00. The molecule has 25 heavy (non-hydrogen) atoms.